The lowest BCUT2D eigenvalue weighted by Crippen LogP contribution is -2.45. The smallest absolute Gasteiger partial charge is 0.249 e. The monoisotopic (exact) mass is 288 g/mol. The van der Waals surface area contributed by atoms with Crippen molar-refractivity contribution < 1.29 is 15.0 Å². The summed E-state index contributed by atoms with van der Waals surface area (Å²) in [7, 11) is 0. The maximum absolute atomic E-state index is 11.7. The molecule has 0 aliphatic rings. The number of carbonyl (C=O) groups is 1. The van der Waals surface area contributed by atoms with E-state index in [0.717, 1.165) is 0 Å². The Bertz CT molecular complexity index is 422. The van der Waals surface area contributed by atoms with Crippen LogP contribution in [0.5, 0.6) is 0 Å². The van der Waals surface area contributed by atoms with E-state index in [1.807, 2.05) is 0 Å². The number of hydrogen-bond donors (Lipinski definition) is 4. The van der Waals surface area contributed by atoms with Crippen LogP contribution in [0.3, 0.4) is 0 Å². The van der Waals surface area contributed by atoms with Gasteiger partial charge in [-0.2, -0.15) is 12.6 Å². The predicted octanol–water partition coefficient (Wildman–Crippen LogP) is -0.797. The van der Waals surface area contributed by atoms with Crippen LogP contribution in [0.15, 0.2) is 6.20 Å². The molecule has 1 amide bonds. The van der Waals surface area contributed by atoms with Crippen LogP contribution in [0, 0.1) is 5.41 Å². The second-order valence-electron chi connectivity index (χ2n) is 4.96. The number of amides is 1. The number of rotatable bonds is 7. The van der Waals surface area contributed by atoms with Crippen molar-refractivity contribution in [3.63, 3.8) is 0 Å². The Morgan fingerprint density at radius 2 is 2.32 bits per heavy atom. The minimum Gasteiger partial charge on any atom is -0.396 e. The summed E-state index contributed by atoms with van der Waals surface area (Å²) in [6.07, 6.45) is 0.435. The third kappa shape index (κ3) is 4.48. The van der Waals surface area contributed by atoms with Crippen molar-refractivity contribution >= 4 is 18.5 Å². The number of thiol groups is 1. The van der Waals surface area contributed by atoms with E-state index < -0.39 is 17.4 Å². The first-order chi connectivity index (χ1) is 8.90. The van der Waals surface area contributed by atoms with Gasteiger partial charge in [0.1, 0.15) is 11.8 Å². The van der Waals surface area contributed by atoms with Crippen LogP contribution in [0.4, 0.5) is 0 Å². The second-order valence-corrected chi connectivity index (χ2v) is 5.41. The second kappa shape index (κ2) is 6.88. The van der Waals surface area contributed by atoms with Gasteiger partial charge < -0.3 is 15.5 Å². The number of hydrogen-bond acceptors (Lipinski definition) is 6. The van der Waals surface area contributed by atoms with Gasteiger partial charge in [-0.15, -0.1) is 5.10 Å². The van der Waals surface area contributed by atoms with Gasteiger partial charge in [0.15, 0.2) is 0 Å². The molecule has 0 radical (unpaired) electrons. The average Bonchev–Trinajstić information content (AvgIpc) is 2.83. The van der Waals surface area contributed by atoms with Gasteiger partial charge in [-0.1, -0.05) is 19.1 Å². The lowest BCUT2D eigenvalue weighted by atomic mass is 9.87. The van der Waals surface area contributed by atoms with Gasteiger partial charge in [0.25, 0.3) is 0 Å². The van der Waals surface area contributed by atoms with Crippen LogP contribution in [0.25, 0.3) is 0 Å². The molecule has 1 atom stereocenters. The first kappa shape index (κ1) is 15.9. The third-order valence-electron chi connectivity index (χ3n) is 2.76. The van der Waals surface area contributed by atoms with Gasteiger partial charge in [-0.25, -0.2) is 0 Å². The van der Waals surface area contributed by atoms with Crippen LogP contribution in [0.2, 0.25) is 0 Å². The number of aliphatic hydroxyl groups excluding tert-OH is 2. The molecule has 0 aromatic carbocycles. The largest absolute Gasteiger partial charge is 0.396 e. The molecule has 0 unspecified atom stereocenters. The maximum Gasteiger partial charge on any atom is 0.249 e. The topological polar surface area (TPSA) is 100 Å². The van der Waals surface area contributed by atoms with Crippen molar-refractivity contribution in [3.05, 3.63) is 11.9 Å². The molecule has 8 heteroatoms. The Hall–Kier alpha value is -1.12. The molecule has 0 saturated carbocycles. The molecule has 108 valence electrons. The summed E-state index contributed by atoms with van der Waals surface area (Å²) >= 11 is 4.08. The number of aliphatic hydroxyl groups is 2. The van der Waals surface area contributed by atoms with Gasteiger partial charge in [0, 0.05) is 11.2 Å². The lowest BCUT2D eigenvalue weighted by molar-refractivity contribution is -0.137. The Morgan fingerprint density at radius 3 is 2.89 bits per heavy atom. The number of aromatic nitrogens is 3. The average molecular weight is 288 g/mol. The molecule has 19 heavy (non-hydrogen) atoms. The molecule has 0 fully saturated rings. The van der Waals surface area contributed by atoms with Crippen molar-refractivity contribution in [2.24, 2.45) is 5.41 Å². The Morgan fingerprint density at radius 1 is 1.63 bits per heavy atom. The van der Waals surface area contributed by atoms with Crippen LogP contribution < -0.4 is 5.32 Å². The third-order valence-corrected chi connectivity index (χ3v) is 2.96. The lowest BCUT2D eigenvalue weighted by Gasteiger charge is -2.26. The predicted molar refractivity (Wildman–Crippen MR) is 72.6 cm³/mol. The molecule has 1 rings (SSSR count). The molecule has 1 aromatic rings. The van der Waals surface area contributed by atoms with Crippen LogP contribution in [0.1, 0.15) is 19.5 Å². The minimum atomic E-state index is -1.27. The molecule has 1 aromatic heterocycles. The first-order valence-corrected chi connectivity index (χ1v) is 6.60. The van der Waals surface area contributed by atoms with E-state index >= 15 is 0 Å². The number of nitrogens with zero attached hydrogens (tertiary/aromatic N) is 3. The molecule has 1 heterocycles. The summed E-state index contributed by atoms with van der Waals surface area (Å²) in [5, 5.41) is 29.2. The van der Waals surface area contributed by atoms with Crippen molar-refractivity contribution in [2.45, 2.75) is 33.0 Å². The molecule has 0 aliphatic carbocycles. The number of carbonyl (C=O) groups excluding carboxylic acids is 1. The Labute approximate surface area is 117 Å². The van der Waals surface area contributed by atoms with E-state index in [1.54, 1.807) is 24.7 Å². The summed E-state index contributed by atoms with van der Waals surface area (Å²) in [5.74, 6) is 0.112. The van der Waals surface area contributed by atoms with Crippen molar-refractivity contribution in [2.75, 3.05) is 12.4 Å². The molecule has 0 aliphatic heterocycles. The summed E-state index contributed by atoms with van der Waals surface area (Å²) in [6, 6.07) is 0. The van der Waals surface area contributed by atoms with E-state index in [1.165, 1.54) is 0 Å². The van der Waals surface area contributed by atoms with Crippen molar-refractivity contribution in [1.82, 2.24) is 20.3 Å². The summed E-state index contributed by atoms with van der Waals surface area (Å²) in [5.41, 5.74) is -0.280. The van der Waals surface area contributed by atoms with Gasteiger partial charge >= 0.3 is 0 Å². The molecule has 3 N–H and O–H groups in total. The SMILES string of the molecule is CC(C)(CO)[C@@H](O)C(=O)NCc1cn(CCS)nn1. The fourth-order valence-corrected chi connectivity index (χ4v) is 1.55. The fraction of sp³-hybridized carbons (Fsp3) is 0.727. The molecule has 0 spiro atoms. The zero-order valence-corrected chi connectivity index (χ0v) is 12.0. The highest BCUT2D eigenvalue weighted by Crippen LogP contribution is 2.19. The Kier molecular flexibility index (Phi) is 5.77. The summed E-state index contributed by atoms with van der Waals surface area (Å²) in [4.78, 5) is 11.7. The highest BCUT2D eigenvalue weighted by atomic mass is 32.1. The highest BCUT2D eigenvalue weighted by molar-refractivity contribution is 7.80. The quantitative estimate of drug-likeness (QED) is 0.492. The number of aryl methyl sites for hydroxylation is 1. The highest BCUT2D eigenvalue weighted by Gasteiger charge is 2.32. The molecular weight excluding hydrogens is 268 g/mol. The van der Waals surface area contributed by atoms with Crippen molar-refractivity contribution in [1.29, 1.82) is 0 Å². The van der Waals surface area contributed by atoms with Crippen molar-refractivity contribution in [3.8, 4) is 0 Å². The summed E-state index contributed by atoms with van der Waals surface area (Å²) < 4.78 is 1.63. The first-order valence-electron chi connectivity index (χ1n) is 5.97. The molecule has 7 nitrogen and oxygen atoms in total. The van der Waals surface area contributed by atoms with E-state index in [0.29, 0.717) is 18.0 Å². The van der Waals surface area contributed by atoms with Crippen LogP contribution in [-0.2, 0) is 17.9 Å². The van der Waals surface area contributed by atoms with Gasteiger partial charge in [-0.3, -0.25) is 9.48 Å². The molecule has 0 bridgehead atoms. The zero-order valence-electron chi connectivity index (χ0n) is 11.1. The van der Waals surface area contributed by atoms with E-state index in [2.05, 4.69) is 28.3 Å². The zero-order chi connectivity index (χ0) is 14.5. The van der Waals surface area contributed by atoms with E-state index in [9.17, 15) is 9.90 Å². The maximum atomic E-state index is 11.7. The standard InChI is InChI=1S/C11H20N4O3S/c1-11(2,7-16)9(17)10(18)12-5-8-6-15(3-4-19)14-13-8/h6,9,16-17,19H,3-5,7H2,1-2H3,(H,12,18)/t9-/m0/s1. The fourth-order valence-electron chi connectivity index (χ4n) is 1.35. The van der Waals surface area contributed by atoms with Gasteiger partial charge in [0.2, 0.25) is 5.91 Å². The molecular formula is C11H20N4O3S. The van der Waals surface area contributed by atoms with E-state index in [4.69, 9.17) is 5.11 Å². The van der Waals surface area contributed by atoms with Crippen LogP contribution in [-0.4, -0.2) is 49.6 Å². The Balaban J connectivity index is 2.49. The minimum absolute atomic E-state index is 0.184. The summed E-state index contributed by atoms with van der Waals surface area (Å²) in [6.45, 7) is 3.77. The molecule has 0 saturated heterocycles. The van der Waals surface area contributed by atoms with Gasteiger partial charge in [0.05, 0.1) is 25.9 Å². The van der Waals surface area contributed by atoms with Crippen LogP contribution >= 0.6 is 12.6 Å². The van der Waals surface area contributed by atoms with E-state index in [-0.39, 0.29) is 13.2 Å². The van der Waals surface area contributed by atoms with Gasteiger partial charge in [-0.05, 0) is 0 Å². The normalized spacial score (nSPS) is 13.3. The number of nitrogens with one attached hydrogen (secondary N) is 1.